The van der Waals surface area contributed by atoms with Gasteiger partial charge in [0.25, 0.3) is 0 Å². The van der Waals surface area contributed by atoms with Gasteiger partial charge in [0.2, 0.25) is 5.91 Å². The molecular formula is C22H16FN3OS. The Morgan fingerprint density at radius 2 is 1.54 bits per heavy atom. The third-order valence-corrected chi connectivity index (χ3v) is 5.15. The fourth-order valence-electron chi connectivity index (χ4n) is 2.86. The number of hydrogen-bond acceptors (Lipinski definition) is 4. The van der Waals surface area contributed by atoms with Gasteiger partial charge < -0.3 is 5.32 Å². The van der Waals surface area contributed by atoms with Crippen molar-refractivity contribution in [2.24, 2.45) is 0 Å². The zero-order valence-electron chi connectivity index (χ0n) is 14.8. The normalized spacial score (nSPS) is 10.8. The van der Waals surface area contributed by atoms with Gasteiger partial charge >= 0.3 is 0 Å². The molecule has 4 nitrogen and oxygen atoms in total. The Morgan fingerprint density at radius 3 is 2.29 bits per heavy atom. The fraction of sp³-hybridized carbons (Fsp3) is 0.0455. The molecule has 0 saturated carbocycles. The molecule has 1 amide bonds. The molecule has 138 valence electrons. The molecule has 0 atom stereocenters. The van der Waals surface area contributed by atoms with Gasteiger partial charge in [-0.15, -0.1) is 10.2 Å². The van der Waals surface area contributed by atoms with Crippen molar-refractivity contribution in [1.82, 2.24) is 10.2 Å². The van der Waals surface area contributed by atoms with Gasteiger partial charge in [0.1, 0.15) is 16.5 Å². The van der Waals surface area contributed by atoms with Crippen LogP contribution in [-0.2, 0) is 4.79 Å². The lowest BCUT2D eigenvalue weighted by Gasteiger charge is -2.09. The number of hydrogen-bond donors (Lipinski definition) is 1. The maximum absolute atomic E-state index is 13.0. The quantitative estimate of drug-likeness (QED) is 0.479. The van der Waals surface area contributed by atoms with Crippen molar-refractivity contribution < 1.29 is 9.18 Å². The first kappa shape index (κ1) is 18.1. The summed E-state index contributed by atoms with van der Waals surface area (Å²) in [5.74, 6) is -0.344. The van der Waals surface area contributed by atoms with Crippen LogP contribution in [0.1, 0.15) is 0 Å². The number of carbonyl (C=O) groups is 1. The summed E-state index contributed by atoms with van der Waals surface area (Å²) in [4.78, 5) is 12.2. The Bertz CT molecular complexity index is 1120. The van der Waals surface area contributed by atoms with E-state index in [0.717, 1.165) is 22.0 Å². The summed E-state index contributed by atoms with van der Waals surface area (Å²) in [6.45, 7) is 0. The summed E-state index contributed by atoms with van der Waals surface area (Å²) in [5.41, 5.74) is 2.37. The Hall–Kier alpha value is -3.25. The highest BCUT2D eigenvalue weighted by Gasteiger charge is 2.12. The molecule has 28 heavy (non-hydrogen) atoms. The van der Waals surface area contributed by atoms with Crippen molar-refractivity contribution in [3.63, 3.8) is 0 Å². The Morgan fingerprint density at radius 1 is 0.857 bits per heavy atom. The van der Waals surface area contributed by atoms with Crippen LogP contribution in [0.5, 0.6) is 0 Å². The van der Waals surface area contributed by atoms with Crippen LogP contribution in [0, 0.1) is 5.82 Å². The molecule has 4 aromatic rings. The number of halogens is 1. The van der Waals surface area contributed by atoms with Crippen LogP contribution in [0.25, 0.3) is 22.0 Å². The predicted octanol–water partition coefficient (Wildman–Crippen LogP) is 5.17. The summed E-state index contributed by atoms with van der Waals surface area (Å²) in [7, 11) is 0. The number of aromatic nitrogens is 2. The second kappa shape index (κ2) is 8.19. The van der Waals surface area contributed by atoms with Crippen LogP contribution in [0.3, 0.4) is 0 Å². The second-order valence-electron chi connectivity index (χ2n) is 6.11. The lowest BCUT2D eigenvalue weighted by atomic mass is 10.1. The van der Waals surface area contributed by atoms with Crippen LogP contribution in [0.2, 0.25) is 0 Å². The van der Waals surface area contributed by atoms with E-state index >= 15 is 0 Å². The number of carbonyl (C=O) groups excluding carboxylic acids is 1. The molecule has 0 bridgehead atoms. The summed E-state index contributed by atoms with van der Waals surface area (Å²) in [6.07, 6.45) is 0. The van der Waals surface area contributed by atoms with Gasteiger partial charge in [-0.05, 0) is 24.3 Å². The average Bonchev–Trinajstić information content (AvgIpc) is 2.74. The van der Waals surface area contributed by atoms with Crippen molar-refractivity contribution in [2.75, 3.05) is 11.1 Å². The minimum absolute atomic E-state index is 0.181. The molecule has 0 unspecified atom stereocenters. The van der Waals surface area contributed by atoms with E-state index in [9.17, 15) is 9.18 Å². The zero-order valence-corrected chi connectivity index (χ0v) is 15.6. The van der Waals surface area contributed by atoms with Crippen molar-refractivity contribution in [1.29, 1.82) is 0 Å². The molecule has 0 aliphatic heterocycles. The van der Waals surface area contributed by atoms with Crippen LogP contribution < -0.4 is 5.32 Å². The lowest BCUT2D eigenvalue weighted by Crippen LogP contribution is -2.14. The highest BCUT2D eigenvalue weighted by atomic mass is 32.2. The summed E-state index contributed by atoms with van der Waals surface area (Å²) >= 11 is 1.32. The molecule has 1 aromatic heterocycles. The molecule has 0 radical (unpaired) electrons. The van der Waals surface area contributed by atoms with E-state index < -0.39 is 0 Å². The van der Waals surface area contributed by atoms with Crippen molar-refractivity contribution in [3.05, 3.63) is 84.7 Å². The Kier molecular flexibility index (Phi) is 5.30. The van der Waals surface area contributed by atoms with E-state index in [0.29, 0.717) is 10.7 Å². The standard InChI is InChI=1S/C22H16FN3OS/c23-16-10-12-17(13-11-16)24-20(27)14-28-22-19-9-5-4-8-18(19)21(25-26-22)15-6-2-1-3-7-15/h1-13H,14H2,(H,24,27). The molecule has 0 saturated heterocycles. The lowest BCUT2D eigenvalue weighted by molar-refractivity contribution is -0.113. The maximum atomic E-state index is 13.0. The number of anilines is 1. The number of nitrogens with zero attached hydrogens (tertiary/aromatic N) is 2. The predicted molar refractivity (Wildman–Crippen MR) is 111 cm³/mol. The molecule has 3 aromatic carbocycles. The molecule has 0 aliphatic rings. The van der Waals surface area contributed by atoms with E-state index in [4.69, 9.17) is 0 Å². The van der Waals surface area contributed by atoms with Crippen LogP contribution in [0.15, 0.2) is 83.9 Å². The first-order chi connectivity index (χ1) is 13.7. The van der Waals surface area contributed by atoms with Crippen molar-refractivity contribution in [3.8, 4) is 11.3 Å². The monoisotopic (exact) mass is 389 g/mol. The molecule has 0 aliphatic carbocycles. The van der Waals surface area contributed by atoms with Gasteiger partial charge in [-0.25, -0.2) is 4.39 Å². The van der Waals surface area contributed by atoms with Gasteiger partial charge in [-0.1, -0.05) is 66.4 Å². The molecule has 0 spiro atoms. The van der Waals surface area contributed by atoms with Gasteiger partial charge in [-0.2, -0.15) is 0 Å². The summed E-state index contributed by atoms with van der Waals surface area (Å²) in [5, 5.41) is 14.2. The molecule has 1 heterocycles. The average molecular weight is 389 g/mol. The maximum Gasteiger partial charge on any atom is 0.234 e. The number of rotatable bonds is 5. The smallest absolute Gasteiger partial charge is 0.234 e. The number of nitrogens with one attached hydrogen (secondary N) is 1. The molecule has 6 heteroatoms. The highest BCUT2D eigenvalue weighted by molar-refractivity contribution is 8.00. The van der Waals surface area contributed by atoms with Crippen LogP contribution in [0.4, 0.5) is 10.1 Å². The number of thioether (sulfide) groups is 1. The van der Waals surface area contributed by atoms with Gasteiger partial charge in [0.05, 0.1) is 5.75 Å². The topological polar surface area (TPSA) is 54.9 Å². The summed E-state index contributed by atoms with van der Waals surface area (Å²) < 4.78 is 13.0. The minimum Gasteiger partial charge on any atom is -0.325 e. The third-order valence-electron chi connectivity index (χ3n) is 4.17. The zero-order chi connectivity index (χ0) is 19.3. The fourth-order valence-corrected chi connectivity index (χ4v) is 3.63. The number of amides is 1. The van der Waals surface area contributed by atoms with E-state index in [2.05, 4.69) is 15.5 Å². The van der Waals surface area contributed by atoms with E-state index in [1.54, 1.807) is 0 Å². The largest absolute Gasteiger partial charge is 0.325 e. The number of benzene rings is 3. The minimum atomic E-state index is -0.340. The molecule has 0 fully saturated rings. The SMILES string of the molecule is O=C(CSc1nnc(-c2ccccc2)c2ccccc12)Nc1ccc(F)cc1. The first-order valence-corrected chi connectivity index (χ1v) is 9.68. The Balaban J connectivity index is 1.55. The highest BCUT2D eigenvalue weighted by Crippen LogP contribution is 2.31. The second-order valence-corrected chi connectivity index (χ2v) is 7.07. The molecule has 1 N–H and O–H groups in total. The molecular weight excluding hydrogens is 373 g/mol. The van der Waals surface area contributed by atoms with E-state index in [-0.39, 0.29) is 17.5 Å². The van der Waals surface area contributed by atoms with Crippen LogP contribution in [-0.4, -0.2) is 21.9 Å². The van der Waals surface area contributed by atoms with Gasteiger partial charge in [-0.3, -0.25) is 4.79 Å². The summed E-state index contributed by atoms with van der Waals surface area (Å²) in [6, 6.07) is 23.5. The van der Waals surface area contributed by atoms with E-state index in [1.807, 2.05) is 54.6 Å². The third kappa shape index (κ3) is 4.02. The van der Waals surface area contributed by atoms with Crippen LogP contribution >= 0.6 is 11.8 Å². The van der Waals surface area contributed by atoms with Gasteiger partial charge in [0.15, 0.2) is 0 Å². The van der Waals surface area contributed by atoms with Crippen molar-refractivity contribution in [2.45, 2.75) is 5.03 Å². The molecule has 4 rings (SSSR count). The van der Waals surface area contributed by atoms with Gasteiger partial charge in [0, 0.05) is 22.0 Å². The number of fused-ring (bicyclic) bond motifs is 1. The van der Waals surface area contributed by atoms with Crippen molar-refractivity contribution >= 4 is 34.1 Å². The Labute approximate surface area is 165 Å². The first-order valence-electron chi connectivity index (χ1n) is 8.70. The van der Waals surface area contributed by atoms with E-state index in [1.165, 1.54) is 36.0 Å².